The maximum atomic E-state index is 15.4. The molecule has 0 saturated heterocycles. The molecule has 2 aromatic rings. The molecule has 0 radical (unpaired) electrons. The molecule has 0 heterocycles. The Morgan fingerprint density at radius 3 is 2.67 bits per heavy atom. The second-order valence-corrected chi connectivity index (χ2v) is 9.42. The van der Waals surface area contributed by atoms with E-state index in [4.69, 9.17) is 4.74 Å². The predicted octanol–water partition coefficient (Wildman–Crippen LogP) is 8.17. The number of halogens is 2. The van der Waals surface area contributed by atoms with Crippen molar-refractivity contribution in [2.24, 2.45) is 17.8 Å². The van der Waals surface area contributed by atoms with Crippen molar-refractivity contribution in [3.63, 3.8) is 0 Å². The fourth-order valence-corrected chi connectivity index (χ4v) is 5.90. The molecular weight excluding hydrogens is 378 g/mol. The van der Waals surface area contributed by atoms with Crippen molar-refractivity contribution in [1.29, 1.82) is 0 Å². The lowest BCUT2D eigenvalue weighted by atomic mass is 9.63. The summed E-state index contributed by atoms with van der Waals surface area (Å²) in [5.41, 5.74) is 0.771. The summed E-state index contributed by atoms with van der Waals surface area (Å²) in [6, 6.07) is 6.72. The molecule has 2 fully saturated rings. The molecule has 4 rings (SSSR count). The maximum absolute atomic E-state index is 15.4. The van der Waals surface area contributed by atoms with E-state index in [1.165, 1.54) is 51.0 Å². The van der Waals surface area contributed by atoms with Gasteiger partial charge in [0.05, 0.1) is 0 Å². The van der Waals surface area contributed by atoms with Gasteiger partial charge in [0.15, 0.2) is 11.6 Å². The van der Waals surface area contributed by atoms with Crippen molar-refractivity contribution in [1.82, 2.24) is 0 Å². The smallest absolute Gasteiger partial charge is 0.165 e. The highest BCUT2D eigenvalue weighted by Crippen LogP contribution is 2.49. The van der Waals surface area contributed by atoms with E-state index >= 15 is 4.39 Å². The molecular formula is C27H34F2O. The van der Waals surface area contributed by atoms with Crippen LogP contribution >= 0.6 is 0 Å². The minimum atomic E-state index is -0.519. The Balaban J connectivity index is 1.50. The number of hydrogen-bond donors (Lipinski definition) is 0. The lowest BCUT2D eigenvalue weighted by Crippen LogP contribution is -2.30. The van der Waals surface area contributed by atoms with Gasteiger partial charge in [0.1, 0.15) is 12.4 Å². The first-order chi connectivity index (χ1) is 14.6. The monoisotopic (exact) mass is 412 g/mol. The quantitative estimate of drug-likeness (QED) is 0.417. The van der Waals surface area contributed by atoms with Crippen molar-refractivity contribution in [3.8, 4) is 5.75 Å². The number of unbranched alkanes of at least 4 members (excludes halogenated alkanes) is 1. The molecule has 4 unspecified atom stereocenters. The van der Waals surface area contributed by atoms with Gasteiger partial charge in [-0.25, -0.2) is 8.78 Å². The molecule has 2 aromatic carbocycles. The first-order valence-corrected chi connectivity index (χ1v) is 11.8. The van der Waals surface area contributed by atoms with Crippen LogP contribution < -0.4 is 4.74 Å². The molecule has 4 atom stereocenters. The van der Waals surface area contributed by atoms with Crippen LogP contribution in [0.1, 0.15) is 76.2 Å². The molecule has 0 amide bonds. The molecule has 0 aliphatic heterocycles. The molecule has 3 heteroatoms. The third kappa shape index (κ3) is 4.40. The highest BCUT2D eigenvalue weighted by atomic mass is 19.1. The first-order valence-electron chi connectivity index (χ1n) is 11.8. The molecule has 2 saturated carbocycles. The van der Waals surface area contributed by atoms with Gasteiger partial charge in [0.2, 0.25) is 0 Å². The van der Waals surface area contributed by atoms with Crippen molar-refractivity contribution in [2.75, 3.05) is 6.61 Å². The fraction of sp³-hybridized carbons (Fsp3) is 0.556. The molecule has 0 bridgehead atoms. The van der Waals surface area contributed by atoms with E-state index < -0.39 is 5.82 Å². The van der Waals surface area contributed by atoms with Crippen molar-refractivity contribution < 1.29 is 13.5 Å². The normalized spacial score (nSPS) is 26.4. The van der Waals surface area contributed by atoms with Crippen molar-refractivity contribution in [3.05, 3.63) is 54.1 Å². The van der Waals surface area contributed by atoms with Gasteiger partial charge in [0.25, 0.3) is 0 Å². The van der Waals surface area contributed by atoms with E-state index in [-0.39, 0.29) is 24.1 Å². The minimum absolute atomic E-state index is 0.148. The molecule has 2 aliphatic carbocycles. The zero-order chi connectivity index (χ0) is 21.1. The Hall–Kier alpha value is -1.90. The van der Waals surface area contributed by atoms with Crippen LogP contribution in [-0.2, 0) is 0 Å². The Kier molecular flexibility index (Phi) is 6.75. The Morgan fingerprint density at radius 2 is 1.87 bits per heavy atom. The standard InChI is InChI=1S/C27H34F2O/c1-3-5-6-18-7-8-20-15-21(10-9-19(20)14-18)23-12-11-22-16-26(30-13-4-2)25(28)17-24(22)27(23)29/h4,11-12,16-21H,2-3,5-10,13-15H2,1H3. The molecule has 1 nitrogen and oxygen atoms in total. The molecule has 162 valence electrons. The van der Waals surface area contributed by atoms with E-state index in [0.29, 0.717) is 10.8 Å². The summed E-state index contributed by atoms with van der Waals surface area (Å²) in [5, 5.41) is 1.04. The highest BCUT2D eigenvalue weighted by Gasteiger charge is 2.36. The Morgan fingerprint density at radius 1 is 1.07 bits per heavy atom. The highest BCUT2D eigenvalue weighted by molar-refractivity contribution is 5.85. The molecule has 30 heavy (non-hydrogen) atoms. The SMILES string of the molecule is C=CCOc1cc2ccc(C3CCC4CC(CCCC)CCC4C3)c(F)c2cc1F. The fourth-order valence-electron chi connectivity index (χ4n) is 5.90. The third-order valence-corrected chi connectivity index (χ3v) is 7.52. The average molecular weight is 413 g/mol. The second kappa shape index (κ2) is 9.49. The van der Waals surface area contributed by atoms with E-state index in [1.54, 1.807) is 12.1 Å². The molecule has 0 aromatic heterocycles. The van der Waals surface area contributed by atoms with Gasteiger partial charge >= 0.3 is 0 Å². The molecule has 0 N–H and O–H groups in total. The van der Waals surface area contributed by atoms with Gasteiger partial charge < -0.3 is 4.74 Å². The lowest BCUT2D eigenvalue weighted by molar-refractivity contribution is 0.113. The number of hydrogen-bond acceptors (Lipinski definition) is 1. The van der Waals surface area contributed by atoms with E-state index in [0.717, 1.165) is 36.2 Å². The first kappa shape index (κ1) is 21.3. The summed E-state index contributed by atoms with van der Waals surface area (Å²) in [7, 11) is 0. The summed E-state index contributed by atoms with van der Waals surface area (Å²) in [5.74, 6) is 2.08. The summed E-state index contributed by atoms with van der Waals surface area (Å²) >= 11 is 0. The van der Waals surface area contributed by atoms with Crippen molar-refractivity contribution >= 4 is 10.8 Å². The van der Waals surface area contributed by atoms with Crippen LogP contribution in [0.15, 0.2) is 36.9 Å². The maximum Gasteiger partial charge on any atom is 0.165 e. The minimum Gasteiger partial charge on any atom is -0.486 e. The van der Waals surface area contributed by atoms with E-state index in [9.17, 15) is 4.39 Å². The number of fused-ring (bicyclic) bond motifs is 2. The van der Waals surface area contributed by atoms with Crippen LogP contribution in [0.25, 0.3) is 10.8 Å². The lowest BCUT2D eigenvalue weighted by Gasteiger charge is -2.42. The van der Waals surface area contributed by atoms with E-state index in [2.05, 4.69) is 13.5 Å². The summed E-state index contributed by atoms with van der Waals surface area (Å²) in [6.45, 7) is 6.09. The van der Waals surface area contributed by atoms with Gasteiger partial charge in [-0.3, -0.25) is 0 Å². The average Bonchev–Trinajstić information content (AvgIpc) is 2.76. The third-order valence-electron chi connectivity index (χ3n) is 7.52. The van der Waals surface area contributed by atoms with Gasteiger partial charge in [-0.1, -0.05) is 57.4 Å². The Bertz CT molecular complexity index is 890. The van der Waals surface area contributed by atoms with Crippen LogP contribution in [-0.4, -0.2) is 6.61 Å². The van der Waals surface area contributed by atoms with Gasteiger partial charge in [-0.2, -0.15) is 0 Å². The summed E-state index contributed by atoms with van der Waals surface area (Å²) in [6.07, 6.45) is 12.9. The van der Waals surface area contributed by atoms with Crippen LogP contribution in [0.2, 0.25) is 0 Å². The van der Waals surface area contributed by atoms with Crippen LogP contribution in [0, 0.1) is 29.4 Å². The zero-order valence-electron chi connectivity index (χ0n) is 18.1. The number of rotatable bonds is 7. The van der Waals surface area contributed by atoms with Crippen LogP contribution in [0.3, 0.4) is 0 Å². The topological polar surface area (TPSA) is 9.23 Å². The van der Waals surface area contributed by atoms with Gasteiger partial charge in [-0.05, 0) is 78.9 Å². The zero-order valence-corrected chi connectivity index (χ0v) is 18.1. The number of benzene rings is 2. The van der Waals surface area contributed by atoms with Crippen LogP contribution in [0.4, 0.5) is 8.78 Å². The Labute approximate surface area is 179 Å². The molecule has 0 spiro atoms. The van der Waals surface area contributed by atoms with Gasteiger partial charge in [-0.15, -0.1) is 0 Å². The summed E-state index contributed by atoms with van der Waals surface area (Å²) in [4.78, 5) is 0. The second-order valence-electron chi connectivity index (χ2n) is 9.42. The summed E-state index contributed by atoms with van der Waals surface area (Å²) < 4.78 is 35.2. The van der Waals surface area contributed by atoms with Gasteiger partial charge in [0, 0.05) is 5.39 Å². The van der Waals surface area contributed by atoms with Crippen LogP contribution in [0.5, 0.6) is 5.75 Å². The largest absolute Gasteiger partial charge is 0.486 e. The predicted molar refractivity (Wildman–Crippen MR) is 120 cm³/mol. The number of ether oxygens (including phenoxy) is 1. The van der Waals surface area contributed by atoms with E-state index in [1.807, 2.05) is 12.1 Å². The molecule has 2 aliphatic rings. The van der Waals surface area contributed by atoms with Crippen molar-refractivity contribution in [2.45, 2.75) is 70.6 Å².